The van der Waals surface area contributed by atoms with E-state index in [4.69, 9.17) is 0 Å². The molecule has 2 unspecified atom stereocenters. The van der Waals surface area contributed by atoms with E-state index in [2.05, 4.69) is 120 Å². The van der Waals surface area contributed by atoms with Crippen molar-refractivity contribution in [1.29, 1.82) is 15.8 Å². The third-order valence-electron chi connectivity index (χ3n) is 10.1. The molecule has 5 heteroatoms. The molecule has 4 aromatic carbocycles. The van der Waals surface area contributed by atoms with Crippen molar-refractivity contribution < 1.29 is 0 Å². The zero-order valence-electron chi connectivity index (χ0n) is 26.8. The lowest BCUT2D eigenvalue weighted by Gasteiger charge is -2.32. The third kappa shape index (κ3) is 4.35. The summed E-state index contributed by atoms with van der Waals surface area (Å²) in [6.45, 7) is 4.35. The van der Waals surface area contributed by atoms with Crippen molar-refractivity contribution in [2.45, 2.75) is 38.6 Å². The molecule has 0 radical (unpaired) electrons. The van der Waals surface area contributed by atoms with Crippen LogP contribution in [-0.4, -0.2) is 10.6 Å². The molecule has 0 amide bonds. The number of hydrogen-bond donors (Lipinski definition) is 0. The minimum atomic E-state index is -0.140. The lowest BCUT2D eigenvalue weighted by atomic mass is 9.84. The predicted molar refractivity (Wildman–Crippen MR) is 192 cm³/mol. The van der Waals surface area contributed by atoms with Crippen LogP contribution < -0.4 is 4.90 Å². The molecule has 0 spiro atoms. The summed E-state index contributed by atoms with van der Waals surface area (Å²) in [6.07, 6.45) is 12.2. The number of allylic oxidation sites excluding steroid dienone is 6. The molecule has 228 valence electrons. The highest BCUT2D eigenvalue weighted by molar-refractivity contribution is 6.10. The summed E-state index contributed by atoms with van der Waals surface area (Å²) in [6, 6.07) is 36.0. The van der Waals surface area contributed by atoms with Crippen LogP contribution >= 0.6 is 0 Å². The maximum Gasteiger partial charge on any atom is 0.101 e. The van der Waals surface area contributed by atoms with E-state index in [0.717, 1.165) is 57.7 Å². The van der Waals surface area contributed by atoms with Gasteiger partial charge in [-0.3, -0.25) is 0 Å². The van der Waals surface area contributed by atoms with Gasteiger partial charge < -0.3 is 9.47 Å². The Kier molecular flexibility index (Phi) is 6.95. The molecule has 0 fully saturated rings. The molecule has 5 nitrogen and oxygen atoms in total. The molecule has 5 aromatic rings. The molecule has 0 N–H and O–H groups in total. The Morgan fingerprint density at radius 2 is 1.46 bits per heavy atom. The number of para-hydroxylation sites is 2. The SMILES string of the molecule is Cc1c(C)n(-c2ccc(C3=CCCC=C3c3c(C#N)cccc3N3c4c(C#N)cccc4C4C=C(C#N)C=CC43)cc2)c2ccccc12. The van der Waals surface area contributed by atoms with Gasteiger partial charge in [-0.05, 0) is 97.0 Å². The second kappa shape index (κ2) is 11.5. The molecule has 0 saturated carbocycles. The predicted octanol–water partition coefficient (Wildman–Crippen LogP) is 9.88. The monoisotopic (exact) mass is 617 g/mol. The standard InChI is InChI=1S/C43H31N5/c1-27-28(2)47(39-15-6-5-11-34(27)39)33-20-18-30(19-21-33)35-12-3-4-13-36(35)42-31(25-45)9-8-16-41(42)48-40-22-17-29(24-44)23-38(40)37-14-7-10-32(26-46)43(37)48/h5-23,38,40H,3-4H2,1-2H3. The maximum atomic E-state index is 10.5. The van der Waals surface area contributed by atoms with E-state index in [1.165, 1.54) is 22.2 Å². The Morgan fingerprint density at radius 3 is 2.23 bits per heavy atom. The Morgan fingerprint density at radius 1 is 0.729 bits per heavy atom. The van der Waals surface area contributed by atoms with Gasteiger partial charge in [0.05, 0.1) is 46.2 Å². The number of anilines is 2. The van der Waals surface area contributed by atoms with Crippen molar-refractivity contribution >= 4 is 33.4 Å². The van der Waals surface area contributed by atoms with Gasteiger partial charge in [-0.15, -0.1) is 0 Å². The zero-order valence-corrected chi connectivity index (χ0v) is 26.8. The summed E-state index contributed by atoms with van der Waals surface area (Å²) in [7, 11) is 0. The fourth-order valence-corrected chi connectivity index (χ4v) is 7.84. The minimum Gasteiger partial charge on any atom is -0.332 e. The summed E-state index contributed by atoms with van der Waals surface area (Å²) >= 11 is 0. The first-order valence-corrected chi connectivity index (χ1v) is 16.3. The van der Waals surface area contributed by atoms with Crippen molar-refractivity contribution in [3.8, 4) is 23.9 Å². The Labute approximate surface area is 280 Å². The normalized spacial score (nSPS) is 17.8. The van der Waals surface area contributed by atoms with Crippen LogP contribution in [0.5, 0.6) is 0 Å². The van der Waals surface area contributed by atoms with E-state index in [9.17, 15) is 15.8 Å². The van der Waals surface area contributed by atoms with E-state index < -0.39 is 0 Å². The quantitative estimate of drug-likeness (QED) is 0.201. The van der Waals surface area contributed by atoms with Crippen molar-refractivity contribution in [3.63, 3.8) is 0 Å². The molecule has 2 atom stereocenters. The molecule has 48 heavy (non-hydrogen) atoms. The van der Waals surface area contributed by atoms with E-state index in [1.807, 2.05) is 36.4 Å². The van der Waals surface area contributed by atoms with Crippen LogP contribution in [0.25, 0.3) is 27.7 Å². The van der Waals surface area contributed by atoms with Crippen molar-refractivity contribution in [3.05, 3.63) is 160 Å². The number of hydrogen-bond acceptors (Lipinski definition) is 4. The van der Waals surface area contributed by atoms with Crippen LogP contribution in [0.3, 0.4) is 0 Å². The van der Waals surface area contributed by atoms with E-state index in [1.54, 1.807) is 0 Å². The summed E-state index contributed by atoms with van der Waals surface area (Å²) in [5.41, 5.74) is 13.4. The maximum absolute atomic E-state index is 10.5. The van der Waals surface area contributed by atoms with Crippen molar-refractivity contribution in [2.75, 3.05) is 4.90 Å². The van der Waals surface area contributed by atoms with Gasteiger partial charge in [0.1, 0.15) is 6.07 Å². The molecule has 2 heterocycles. The molecule has 1 aromatic heterocycles. The number of nitriles is 3. The van der Waals surface area contributed by atoms with Gasteiger partial charge in [0.2, 0.25) is 0 Å². The van der Waals surface area contributed by atoms with E-state index in [-0.39, 0.29) is 12.0 Å². The first-order valence-electron chi connectivity index (χ1n) is 16.3. The Bertz CT molecular complexity index is 2410. The topological polar surface area (TPSA) is 79.5 Å². The summed E-state index contributed by atoms with van der Waals surface area (Å²) < 4.78 is 2.32. The lowest BCUT2D eigenvalue weighted by Crippen LogP contribution is -2.30. The second-order valence-electron chi connectivity index (χ2n) is 12.6. The van der Waals surface area contributed by atoms with Crippen molar-refractivity contribution in [2.24, 2.45) is 0 Å². The number of fused-ring (bicyclic) bond motifs is 4. The third-order valence-corrected chi connectivity index (χ3v) is 10.1. The van der Waals surface area contributed by atoms with Gasteiger partial charge >= 0.3 is 0 Å². The lowest BCUT2D eigenvalue weighted by molar-refractivity contribution is 0.740. The van der Waals surface area contributed by atoms with Crippen molar-refractivity contribution in [1.82, 2.24) is 4.57 Å². The van der Waals surface area contributed by atoms with Crippen LogP contribution in [0.4, 0.5) is 11.4 Å². The molecular weight excluding hydrogens is 587 g/mol. The summed E-state index contributed by atoms with van der Waals surface area (Å²) in [5.74, 6) is -0.0914. The number of aromatic nitrogens is 1. The van der Waals surface area contributed by atoms with Gasteiger partial charge in [-0.2, -0.15) is 15.8 Å². The van der Waals surface area contributed by atoms with E-state index in [0.29, 0.717) is 16.7 Å². The Balaban J connectivity index is 1.26. The fraction of sp³-hybridized carbons (Fsp3) is 0.140. The first-order chi connectivity index (χ1) is 23.5. The average Bonchev–Trinajstić information content (AvgIpc) is 3.61. The minimum absolute atomic E-state index is 0.0914. The van der Waals surface area contributed by atoms with Crippen LogP contribution in [0.1, 0.15) is 57.8 Å². The van der Waals surface area contributed by atoms with E-state index >= 15 is 0 Å². The average molecular weight is 618 g/mol. The van der Waals surface area contributed by atoms with Gasteiger partial charge in [0.25, 0.3) is 0 Å². The van der Waals surface area contributed by atoms with Crippen LogP contribution in [-0.2, 0) is 0 Å². The number of nitrogens with zero attached hydrogens (tertiary/aromatic N) is 5. The molecule has 8 rings (SSSR count). The van der Waals surface area contributed by atoms with Crippen LogP contribution in [0.2, 0.25) is 0 Å². The Hall–Kier alpha value is -6.35. The number of benzene rings is 4. The first kappa shape index (κ1) is 29.1. The summed E-state index contributed by atoms with van der Waals surface area (Å²) in [5, 5.41) is 31.7. The fourth-order valence-electron chi connectivity index (χ4n) is 7.84. The highest BCUT2D eigenvalue weighted by Crippen LogP contribution is 2.52. The number of rotatable bonds is 4. The second-order valence-corrected chi connectivity index (χ2v) is 12.6. The van der Waals surface area contributed by atoms with Gasteiger partial charge in [0, 0.05) is 33.8 Å². The highest BCUT2D eigenvalue weighted by Gasteiger charge is 2.41. The number of aryl methyl sites for hydroxylation is 1. The highest BCUT2D eigenvalue weighted by atomic mass is 15.2. The molecule has 3 aliphatic rings. The zero-order chi connectivity index (χ0) is 32.9. The molecule has 1 aliphatic heterocycles. The van der Waals surface area contributed by atoms with Crippen LogP contribution in [0.15, 0.2) is 121 Å². The largest absolute Gasteiger partial charge is 0.332 e. The molecular formula is C43H31N5. The van der Waals surface area contributed by atoms with Gasteiger partial charge in [0.15, 0.2) is 0 Å². The molecule has 0 bridgehead atoms. The smallest absolute Gasteiger partial charge is 0.101 e. The van der Waals surface area contributed by atoms with Gasteiger partial charge in [-0.1, -0.05) is 72.8 Å². The molecule has 2 aliphatic carbocycles. The van der Waals surface area contributed by atoms with Gasteiger partial charge in [-0.25, -0.2) is 0 Å². The summed E-state index contributed by atoms with van der Waals surface area (Å²) in [4.78, 5) is 2.22. The molecule has 0 saturated heterocycles. The van der Waals surface area contributed by atoms with Crippen LogP contribution in [0, 0.1) is 47.8 Å².